The van der Waals surface area contributed by atoms with E-state index in [2.05, 4.69) is 63.3 Å². The smallest absolute Gasteiger partial charge is 0.255 e. The number of carbonyl (C=O) groups is 1. The van der Waals surface area contributed by atoms with Gasteiger partial charge in [0.1, 0.15) is 0 Å². The van der Waals surface area contributed by atoms with Crippen molar-refractivity contribution in [2.45, 2.75) is 13.0 Å². The highest BCUT2D eigenvalue weighted by atomic mass is 16.2. The number of hydrogen-bond acceptors (Lipinski definition) is 4. The van der Waals surface area contributed by atoms with Crippen LogP contribution in [0.2, 0.25) is 0 Å². The molecule has 0 saturated carbocycles. The molecule has 3 aromatic rings. The number of aromatic nitrogens is 1. The van der Waals surface area contributed by atoms with E-state index in [9.17, 15) is 4.79 Å². The van der Waals surface area contributed by atoms with Crippen molar-refractivity contribution in [2.24, 2.45) is 0 Å². The molecule has 0 bridgehead atoms. The van der Waals surface area contributed by atoms with E-state index in [1.165, 1.54) is 16.8 Å². The number of nitrogens with zero attached hydrogens (tertiary/aromatic N) is 4. The lowest BCUT2D eigenvalue weighted by molar-refractivity contribution is 0.0734. The van der Waals surface area contributed by atoms with Gasteiger partial charge in [-0.25, -0.2) is 0 Å². The number of hydrogen-bond donors (Lipinski definition) is 0. The Kier molecular flexibility index (Phi) is 5.10. The highest BCUT2D eigenvalue weighted by Crippen LogP contribution is 2.23. The van der Waals surface area contributed by atoms with Gasteiger partial charge in [0.2, 0.25) is 0 Å². The number of rotatable bonds is 3. The summed E-state index contributed by atoms with van der Waals surface area (Å²) < 4.78 is 0. The number of pyridine rings is 1. The Hall–Kier alpha value is -3.34. The molecule has 1 saturated heterocycles. The largest absolute Gasteiger partial charge is 0.368 e. The van der Waals surface area contributed by atoms with Crippen molar-refractivity contribution >= 4 is 17.3 Å². The third-order valence-corrected chi connectivity index (χ3v) is 6.15. The molecule has 0 spiro atoms. The van der Waals surface area contributed by atoms with Crippen molar-refractivity contribution in [1.29, 1.82) is 0 Å². The van der Waals surface area contributed by atoms with Crippen LogP contribution in [0.15, 0.2) is 73.1 Å². The van der Waals surface area contributed by atoms with E-state index in [1.54, 1.807) is 6.20 Å². The standard InChI is InChI=1S/C25H26N4O/c30-25(29-11-10-20-6-4-5-7-21(20)19-29)22-16-24(18-26-17-22)28-14-12-27(13-15-28)23-8-2-1-3-9-23/h1-9,16-18H,10-15,19H2. The predicted molar refractivity (Wildman–Crippen MR) is 120 cm³/mol. The van der Waals surface area contributed by atoms with Gasteiger partial charge in [-0.2, -0.15) is 0 Å². The van der Waals surface area contributed by atoms with Crippen LogP contribution in [-0.2, 0) is 13.0 Å². The second kappa shape index (κ2) is 8.19. The lowest BCUT2D eigenvalue weighted by Gasteiger charge is -2.37. The van der Waals surface area contributed by atoms with Gasteiger partial charge in [-0.05, 0) is 35.7 Å². The van der Waals surface area contributed by atoms with Gasteiger partial charge in [-0.3, -0.25) is 9.78 Å². The predicted octanol–water partition coefficient (Wildman–Crippen LogP) is 3.61. The number of carbonyl (C=O) groups excluding carboxylic acids is 1. The van der Waals surface area contributed by atoms with Gasteiger partial charge in [-0.1, -0.05) is 42.5 Å². The van der Waals surface area contributed by atoms with Gasteiger partial charge in [0, 0.05) is 51.2 Å². The van der Waals surface area contributed by atoms with Crippen LogP contribution in [0.4, 0.5) is 11.4 Å². The maximum absolute atomic E-state index is 13.1. The summed E-state index contributed by atoms with van der Waals surface area (Å²) in [6.07, 6.45) is 4.49. The van der Waals surface area contributed by atoms with Crippen LogP contribution >= 0.6 is 0 Å². The topological polar surface area (TPSA) is 39.7 Å². The zero-order valence-corrected chi connectivity index (χ0v) is 17.1. The van der Waals surface area contributed by atoms with Crippen LogP contribution in [0.3, 0.4) is 0 Å². The molecular formula is C25H26N4O. The molecule has 3 heterocycles. The van der Waals surface area contributed by atoms with Crippen molar-refractivity contribution in [3.63, 3.8) is 0 Å². The maximum Gasteiger partial charge on any atom is 0.255 e. The fourth-order valence-corrected chi connectivity index (χ4v) is 4.43. The molecule has 0 unspecified atom stereocenters. The van der Waals surface area contributed by atoms with E-state index in [0.29, 0.717) is 12.1 Å². The second-order valence-electron chi connectivity index (χ2n) is 7.99. The molecule has 0 N–H and O–H groups in total. The summed E-state index contributed by atoms with van der Waals surface area (Å²) in [5.74, 6) is 0.0711. The molecule has 30 heavy (non-hydrogen) atoms. The van der Waals surface area contributed by atoms with Gasteiger partial charge >= 0.3 is 0 Å². The highest BCUT2D eigenvalue weighted by Gasteiger charge is 2.23. The molecule has 2 aliphatic rings. The van der Waals surface area contributed by atoms with Crippen LogP contribution in [0.5, 0.6) is 0 Å². The molecule has 1 fully saturated rings. The third kappa shape index (κ3) is 3.75. The number of para-hydroxylation sites is 1. The maximum atomic E-state index is 13.1. The average molecular weight is 399 g/mol. The number of fused-ring (bicyclic) bond motifs is 1. The van der Waals surface area contributed by atoms with Crippen LogP contribution in [0, 0.1) is 0 Å². The first-order chi connectivity index (χ1) is 14.8. The number of amides is 1. The molecule has 5 rings (SSSR count). The summed E-state index contributed by atoms with van der Waals surface area (Å²) in [5, 5.41) is 0. The minimum absolute atomic E-state index is 0.0711. The number of benzene rings is 2. The second-order valence-corrected chi connectivity index (χ2v) is 7.99. The third-order valence-electron chi connectivity index (χ3n) is 6.15. The van der Waals surface area contributed by atoms with E-state index in [4.69, 9.17) is 0 Å². The zero-order chi connectivity index (χ0) is 20.3. The normalized spacial score (nSPS) is 16.3. The molecule has 1 amide bonds. The SMILES string of the molecule is O=C(c1cncc(N2CCN(c3ccccc3)CC2)c1)N1CCc2ccccc2C1. The van der Waals surface area contributed by atoms with Gasteiger partial charge in [-0.15, -0.1) is 0 Å². The van der Waals surface area contributed by atoms with Gasteiger partial charge in [0.05, 0.1) is 17.4 Å². The van der Waals surface area contributed by atoms with Crippen molar-refractivity contribution in [3.05, 3.63) is 89.7 Å². The van der Waals surface area contributed by atoms with Crippen molar-refractivity contribution in [3.8, 4) is 0 Å². The Balaban J connectivity index is 1.26. The van der Waals surface area contributed by atoms with Crippen molar-refractivity contribution in [1.82, 2.24) is 9.88 Å². The quantitative estimate of drug-likeness (QED) is 0.676. The fraction of sp³-hybridized carbons (Fsp3) is 0.280. The first kappa shape index (κ1) is 18.7. The lowest BCUT2D eigenvalue weighted by Crippen LogP contribution is -2.46. The number of piperazine rings is 1. The van der Waals surface area contributed by atoms with Crippen LogP contribution in [0.1, 0.15) is 21.5 Å². The molecule has 152 valence electrons. The molecule has 0 radical (unpaired) electrons. The monoisotopic (exact) mass is 398 g/mol. The minimum atomic E-state index is 0.0711. The van der Waals surface area contributed by atoms with Gasteiger partial charge in [0.15, 0.2) is 0 Å². The average Bonchev–Trinajstić information content (AvgIpc) is 2.84. The minimum Gasteiger partial charge on any atom is -0.368 e. The van der Waals surface area contributed by atoms with Crippen LogP contribution in [0.25, 0.3) is 0 Å². The molecule has 2 aliphatic heterocycles. The van der Waals surface area contributed by atoms with Crippen LogP contribution < -0.4 is 9.80 Å². The Labute approximate surface area is 177 Å². The summed E-state index contributed by atoms with van der Waals surface area (Å²) in [6, 6.07) is 20.9. The Morgan fingerprint density at radius 1 is 0.733 bits per heavy atom. The molecule has 5 nitrogen and oxygen atoms in total. The van der Waals surface area contributed by atoms with Crippen LogP contribution in [-0.4, -0.2) is 48.5 Å². The van der Waals surface area contributed by atoms with Crippen molar-refractivity contribution < 1.29 is 4.79 Å². The van der Waals surface area contributed by atoms with E-state index >= 15 is 0 Å². The van der Waals surface area contributed by atoms with E-state index in [0.717, 1.165) is 44.8 Å². The molecule has 0 atom stereocenters. The van der Waals surface area contributed by atoms with E-state index < -0.39 is 0 Å². The van der Waals surface area contributed by atoms with E-state index in [-0.39, 0.29) is 5.91 Å². The van der Waals surface area contributed by atoms with E-state index in [1.807, 2.05) is 23.2 Å². The highest BCUT2D eigenvalue weighted by molar-refractivity contribution is 5.95. The van der Waals surface area contributed by atoms with Crippen molar-refractivity contribution in [2.75, 3.05) is 42.5 Å². The first-order valence-corrected chi connectivity index (χ1v) is 10.6. The molecule has 5 heteroatoms. The van der Waals surface area contributed by atoms with Gasteiger partial charge < -0.3 is 14.7 Å². The summed E-state index contributed by atoms with van der Waals surface area (Å²) >= 11 is 0. The summed E-state index contributed by atoms with van der Waals surface area (Å²) in [6.45, 7) is 5.21. The summed E-state index contributed by atoms with van der Waals surface area (Å²) in [4.78, 5) is 24.2. The molecular weight excluding hydrogens is 372 g/mol. The molecule has 0 aliphatic carbocycles. The molecule has 2 aromatic carbocycles. The Morgan fingerprint density at radius 2 is 1.40 bits per heavy atom. The fourth-order valence-electron chi connectivity index (χ4n) is 4.43. The Morgan fingerprint density at radius 3 is 2.17 bits per heavy atom. The Bertz CT molecular complexity index is 1030. The summed E-state index contributed by atoms with van der Waals surface area (Å²) in [5.41, 5.74) is 5.58. The molecule has 1 aromatic heterocycles. The summed E-state index contributed by atoms with van der Waals surface area (Å²) in [7, 11) is 0. The lowest BCUT2D eigenvalue weighted by atomic mass is 9.99. The number of anilines is 2. The first-order valence-electron chi connectivity index (χ1n) is 10.6. The zero-order valence-electron chi connectivity index (χ0n) is 17.1. The van der Waals surface area contributed by atoms with Gasteiger partial charge in [0.25, 0.3) is 5.91 Å².